The molecular formula is C23H31FN4O2. The Balaban J connectivity index is 1.82. The van der Waals surface area contributed by atoms with Crippen molar-refractivity contribution in [3.8, 4) is 0 Å². The highest BCUT2D eigenvalue weighted by Gasteiger charge is 2.33. The molecular weight excluding hydrogens is 383 g/mol. The van der Waals surface area contributed by atoms with Gasteiger partial charge in [0.15, 0.2) is 0 Å². The molecule has 1 aromatic carbocycles. The molecule has 0 spiro atoms. The number of amides is 3. The zero-order chi connectivity index (χ0) is 21.7. The van der Waals surface area contributed by atoms with Crippen LogP contribution in [0, 0.1) is 5.82 Å². The quantitative estimate of drug-likeness (QED) is 0.701. The molecule has 1 aliphatic rings. The van der Waals surface area contributed by atoms with Crippen molar-refractivity contribution in [2.45, 2.75) is 52.2 Å². The van der Waals surface area contributed by atoms with Crippen LogP contribution in [0.15, 0.2) is 42.6 Å². The maximum Gasteiger partial charge on any atom is 0.318 e. The zero-order valence-corrected chi connectivity index (χ0v) is 18.0. The van der Waals surface area contributed by atoms with Gasteiger partial charge in [-0.1, -0.05) is 25.5 Å². The van der Waals surface area contributed by atoms with Crippen molar-refractivity contribution < 1.29 is 14.0 Å². The Kier molecular flexibility index (Phi) is 7.13. The number of halogens is 1. The topological polar surface area (TPSA) is 57.6 Å². The summed E-state index contributed by atoms with van der Waals surface area (Å²) in [6, 6.07) is 9.61. The Morgan fingerprint density at radius 2 is 1.93 bits per heavy atom. The van der Waals surface area contributed by atoms with Crippen molar-refractivity contribution in [1.82, 2.24) is 19.7 Å². The van der Waals surface area contributed by atoms with Gasteiger partial charge < -0.3 is 19.7 Å². The number of nitrogens with zero attached hydrogens (tertiary/aromatic N) is 3. The third-order valence-corrected chi connectivity index (χ3v) is 5.54. The van der Waals surface area contributed by atoms with Crippen molar-refractivity contribution in [3.05, 3.63) is 59.7 Å². The van der Waals surface area contributed by atoms with E-state index in [0.717, 1.165) is 24.1 Å². The minimum atomic E-state index is -0.308. The number of aromatic nitrogens is 1. The fraction of sp³-hybridized carbons (Fsp3) is 0.478. The smallest absolute Gasteiger partial charge is 0.318 e. The summed E-state index contributed by atoms with van der Waals surface area (Å²) in [5.41, 5.74) is 1.84. The summed E-state index contributed by atoms with van der Waals surface area (Å²) in [5, 5.41) is 2.90. The van der Waals surface area contributed by atoms with Crippen molar-refractivity contribution in [3.63, 3.8) is 0 Å². The molecule has 0 saturated heterocycles. The van der Waals surface area contributed by atoms with Crippen molar-refractivity contribution in [1.29, 1.82) is 0 Å². The summed E-state index contributed by atoms with van der Waals surface area (Å²) in [6.45, 7) is 7.72. The number of rotatable bonds is 7. The maximum atomic E-state index is 13.5. The minimum absolute atomic E-state index is 0.00796. The first-order valence-electron chi connectivity index (χ1n) is 10.7. The number of benzene rings is 1. The lowest BCUT2D eigenvalue weighted by molar-refractivity contribution is -0.134. The molecule has 1 aromatic heterocycles. The number of fused-ring (bicyclic) bond motifs is 1. The number of carbonyl (C=O) groups excluding carboxylic acids is 2. The summed E-state index contributed by atoms with van der Waals surface area (Å²) in [7, 11) is 0. The Hall–Kier alpha value is -2.83. The number of urea groups is 1. The predicted molar refractivity (Wildman–Crippen MR) is 115 cm³/mol. The lowest BCUT2D eigenvalue weighted by Gasteiger charge is -2.39. The van der Waals surface area contributed by atoms with Crippen molar-refractivity contribution in [2.24, 2.45) is 0 Å². The zero-order valence-electron chi connectivity index (χ0n) is 18.0. The summed E-state index contributed by atoms with van der Waals surface area (Å²) >= 11 is 0. The highest BCUT2D eigenvalue weighted by Crippen LogP contribution is 2.32. The van der Waals surface area contributed by atoms with Crippen LogP contribution in [0.4, 0.5) is 9.18 Å². The Bertz CT molecular complexity index is 862. The van der Waals surface area contributed by atoms with Crippen molar-refractivity contribution >= 4 is 11.9 Å². The van der Waals surface area contributed by atoms with Gasteiger partial charge in [0.2, 0.25) is 5.91 Å². The standard InChI is InChI=1S/C23H31FN4O2/c1-4-5-12-25-23(30)28(17(2)3)16-21(29)27-15-14-26-13-6-7-20(26)22(27)18-8-10-19(24)11-9-18/h6-11,13,17,22H,4-5,12,14-16H2,1-3H3,(H,25,30). The first kappa shape index (κ1) is 21.9. The third kappa shape index (κ3) is 4.83. The second kappa shape index (κ2) is 9.78. The highest BCUT2D eigenvalue weighted by atomic mass is 19.1. The SMILES string of the molecule is CCCCNC(=O)N(CC(=O)N1CCn2cccc2C1c1ccc(F)cc1)C(C)C. The summed E-state index contributed by atoms with van der Waals surface area (Å²) in [4.78, 5) is 29.4. The fourth-order valence-electron chi connectivity index (χ4n) is 3.85. The van der Waals surface area contributed by atoms with E-state index >= 15 is 0 Å². The first-order valence-corrected chi connectivity index (χ1v) is 10.7. The van der Waals surface area contributed by atoms with Crippen LogP contribution in [0.5, 0.6) is 0 Å². The van der Waals surface area contributed by atoms with Crippen LogP contribution in [0.1, 0.15) is 50.9 Å². The van der Waals surface area contributed by atoms with E-state index in [1.165, 1.54) is 12.1 Å². The van der Waals surface area contributed by atoms with Gasteiger partial charge in [0.25, 0.3) is 0 Å². The van der Waals surface area contributed by atoms with Gasteiger partial charge in [-0.15, -0.1) is 0 Å². The molecule has 0 fully saturated rings. The largest absolute Gasteiger partial charge is 0.348 e. The van der Waals surface area contributed by atoms with Crippen LogP contribution in [-0.4, -0.2) is 52.0 Å². The summed E-state index contributed by atoms with van der Waals surface area (Å²) in [6.07, 6.45) is 3.89. The second-order valence-corrected chi connectivity index (χ2v) is 7.97. The molecule has 162 valence electrons. The number of hydrogen-bond donors (Lipinski definition) is 1. The van der Waals surface area contributed by atoms with E-state index in [1.54, 1.807) is 21.9 Å². The van der Waals surface area contributed by atoms with Crippen molar-refractivity contribution in [2.75, 3.05) is 19.6 Å². The molecule has 30 heavy (non-hydrogen) atoms. The summed E-state index contributed by atoms with van der Waals surface area (Å²) < 4.78 is 15.6. The Morgan fingerprint density at radius 3 is 2.60 bits per heavy atom. The predicted octanol–water partition coefficient (Wildman–Crippen LogP) is 3.78. The molecule has 0 radical (unpaired) electrons. The molecule has 6 nitrogen and oxygen atoms in total. The molecule has 3 rings (SSSR count). The van der Waals surface area contributed by atoms with E-state index in [9.17, 15) is 14.0 Å². The van der Waals surface area contributed by atoms with Crippen LogP contribution in [0.2, 0.25) is 0 Å². The average Bonchev–Trinajstić information content (AvgIpc) is 3.20. The van der Waals surface area contributed by atoms with Gasteiger partial charge in [-0.3, -0.25) is 4.79 Å². The minimum Gasteiger partial charge on any atom is -0.348 e. The number of unbranched alkanes of at least 4 members (excludes halogenated alkanes) is 1. The second-order valence-electron chi connectivity index (χ2n) is 7.97. The van der Waals surface area contributed by atoms with Gasteiger partial charge in [0, 0.05) is 37.6 Å². The Labute approximate surface area is 177 Å². The van der Waals surface area contributed by atoms with Gasteiger partial charge in [0.1, 0.15) is 12.4 Å². The molecule has 0 bridgehead atoms. The van der Waals surface area contributed by atoms with E-state index in [0.29, 0.717) is 19.6 Å². The van der Waals surface area contributed by atoms with E-state index in [4.69, 9.17) is 0 Å². The summed E-state index contributed by atoms with van der Waals surface area (Å²) in [5.74, 6) is -0.423. The lowest BCUT2D eigenvalue weighted by Crippen LogP contribution is -2.52. The first-order chi connectivity index (χ1) is 14.4. The molecule has 1 aliphatic heterocycles. The average molecular weight is 415 g/mol. The van der Waals surface area contributed by atoms with E-state index in [-0.39, 0.29) is 36.4 Å². The van der Waals surface area contributed by atoms with Crippen LogP contribution in [-0.2, 0) is 11.3 Å². The molecule has 7 heteroatoms. The monoisotopic (exact) mass is 414 g/mol. The van der Waals surface area contributed by atoms with Gasteiger partial charge in [-0.05, 0) is 50.1 Å². The fourth-order valence-corrected chi connectivity index (χ4v) is 3.85. The number of carbonyl (C=O) groups is 2. The molecule has 0 aliphatic carbocycles. The van der Waals surface area contributed by atoms with Crippen LogP contribution < -0.4 is 5.32 Å². The van der Waals surface area contributed by atoms with Crippen LogP contribution in [0.3, 0.4) is 0 Å². The van der Waals surface area contributed by atoms with Gasteiger partial charge in [0.05, 0.1) is 6.04 Å². The van der Waals surface area contributed by atoms with E-state index < -0.39 is 0 Å². The molecule has 2 heterocycles. The van der Waals surface area contributed by atoms with Gasteiger partial charge >= 0.3 is 6.03 Å². The Morgan fingerprint density at radius 1 is 1.20 bits per heavy atom. The van der Waals surface area contributed by atoms with Crippen LogP contribution in [0.25, 0.3) is 0 Å². The van der Waals surface area contributed by atoms with Gasteiger partial charge in [-0.25, -0.2) is 9.18 Å². The molecule has 3 amide bonds. The molecule has 0 saturated carbocycles. The number of nitrogens with one attached hydrogen (secondary N) is 1. The lowest BCUT2D eigenvalue weighted by atomic mass is 9.99. The van der Waals surface area contributed by atoms with E-state index in [1.807, 2.05) is 32.2 Å². The third-order valence-electron chi connectivity index (χ3n) is 5.54. The number of hydrogen-bond acceptors (Lipinski definition) is 2. The molecule has 2 aromatic rings. The molecule has 1 N–H and O–H groups in total. The van der Waals surface area contributed by atoms with E-state index in [2.05, 4.69) is 16.8 Å². The molecule has 1 unspecified atom stereocenters. The highest BCUT2D eigenvalue weighted by molar-refractivity contribution is 5.85. The normalized spacial score (nSPS) is 15.8. The van der Waals surface area contributed by atoms with Crippen LogP contribution >= 0.6 is 0 Å². The van der Waals surface area contributed by atoms with Gasteiger partial charge in [-0.2, -0.15) is 0 Å². The maximum absolute atomic E-state index is 13.5. The molecule has 1 atom stereocenters.